The molecule has 2 fully saturated rings. The van der Waals surface area contributed by atoms with Gasteiger partial charge in [0.05, 0.1) is 17.0 Å². The van der Waals surface area contributed by atoms with Gasteiger partial charge in [-0.25, -0.2) is 17.6 Å². The van der Waals surface area contributed by atoms with E-state index in [1.54, 1.807) is 4.90 Å². The number of sulfonamides is 1. The fraction of sp³-hybridized carbons (Fsp3) is 0.524. The van der Waals surface area contributed by atoms with E-state index in [2.05, 4.69) is 21.6 Å². The largest absolute Gasteiger partial charge is 0.367 e. The third-order valence-electron chi connectivity index (χ3n) is 5.98. The lowest BCUT2D eigenvalue weighted by Gasteiger charge is -2.39. The molecule has 1 aromatic heterocycles. The molecule has 12 heteroatoms. The summed E-state index contributed by atoms with van der Waals surface area (Å²) in [7, 11) is -3.46. The number of rotatable bonds is 5. The molecule has 0 saturated carbocycles. The van der Waals surface area contributed by atoms with E-state index in [0.717, 1.165) is 22.2 Å². The van der Waals surface area contributed by atoms with Crippen LogP contribution in [0.4, 0.5) is 20.7 Å². The summed E-state index contributed by atoms with van der Waals surface area (Å²) in [5.74, 6) is 0.105. The number of hydrogen-bond donors (Lipinski definition) is 1. The Morgan fingerprint density at radius 1 is 1.24 bits per heavy atom. The van der Waals surface area contributed by atoms with Crippen LogP contribution in [-0.2, 0) is 16.6 Å². The number of alkyl halides is 1. The maximum absolute atomic E-state index is 13.7. The monoisotopic (exact) mass is 498 g/mol. The Labute approximate surface area is 198 Å². The fourth-order valence-electron chi connectivity index (χ4n) is 4.29. The molecule has 2 atom stereocenters. The zero-order valence-corrected chi connectivity index (χ0v) is 20.2. The lowest BCUT2D eigenvalue weighted by Crippen LogP contribution is -2.54. The first-order chi connectivity index (χ1) is 15.6. The van der Waals surface area contributed by atoms with Crippen LogP contribution in [0.3, 0.4) is 0 Å². The summed E-state index contributed by atoms with van der Waals surface area (Å²) in [6, 6.07) is 7.13. The Balaban J connectivity index is 1.37. The number of aromatic nitrogens is 2. The van der Waals surface area contributed by atoms with Gasteiger partial charge in [0.1, 0.15) is 6.17 Å². The molecule has 4 rings (SSSR count). The molecule has 2 saturated heterocycles. The maximum atomic E-state index is 13.7. The molecule has 0 radical (unpaired) electrons. The molecular formula is C21H28ClFN6O3S. The first-order valence-corrected chi connectivity index (χ1v) is 13.1. The molecule has 0 aliphatic carbocycles. The van der Waals surface area contributed by atoms with Crippen molar-refractivity contribution in [2.24, 2.45) is 0 Å². The number of nitrogens with zero attached hydrogens (tertiary/aromatic N) is 5. The predicted molar refractivity (Wildman–Crippen MR) is 126 cm³/mol. The van der Waals surface area contributed by atoms with Gasteiger partial charge in [-0.15, -0.1) is 5.10 Å². The van der Waals surface area contributed by atoms with E-state index in [1.165, 1.54) is 12.3 Å². The second-order valence-electron chi connectivity index (χ2n) is 8.69. The molecule has 9 nitrogen and oxygen atoms in total. The van der Waals surface area contributed by atoms with E-state index in [1.807, 2.05) is 23.1 Å². The number of carbonyl (C=O) groups excluding carboxylic acids is 1. The van der Waals surface area contributed by atoms with E-state index < -0.39 is 16.2 Å². The van der Waals surface area contributed by atoms with Crippen LogP contribution < -0.4 is 9.62 Å². The van der Waals surface area contributed by atoms with Gasteiger partial charge in [-0.3, -0.25) is 9.62 Å². The van der Waals surface area contributed by atoms with Gasteiger partial charge < -0.3 is 9.80 Å². The van der Waals surface area contributed by atoms with Crippen molar-refractivity contribution in [1.29, 1.82) is 0 Å². The molecule has 180 valence electrons. The number of amides is 1. The normalized spacial score (nSPS) is 22.1. The standard InChI is InChI=1S/C21H28ClFN6O3S/c1-15-12-28(21(30)29-8-6-20(24-29)25-33(2,31)32)10-9-26(15)13-16-3-4-18(22)19(11-16)27-7-5-17(23)14-27/h3-4,6,8,11,15,17H,5,7,9-10,12-14H2,1-2H3,(H,24,25)/t15-,17+/m1/s1. The van der Waals surface area contributed by atoms with Crippen molar-refractivity contribution in [2.75, 3.05) is 48.6 Å². The Morgan fingerprint density at radius 2 is 2.03 bits per heavy atom. The van der Waals surface area contributed by atoms with Crippen molar-refractivity contribution < 1.29 is 17.6 Å². The summed E-state index contributed by atoms with van der Waals surface area (Å²) in [4.78, 5) is 18.8. The lowest BCUT2D eigenvalue weighted by molar-refractivity contribution is 0.0921. The molecule has 1 amide bonds. The molecule has 33 heavy (non-hydrogen) atoms. The third-order valence-corrected chi connectivity index (χ3v) is 6.88. The summed E-state index contributed by atoms with van der Waals surface area (Å²) < 4.78 is 39.8. The highest BCUT2D eigenvalue weighted by Crippen LogP contribution is 2.31. The molecule has 2 aliphatic rings. The minimum absolute atomic E-state index is 0.105. The van der Waals surface area contributed by atoms with Crippen molar-refractivity contribution >= 4 is 39.2 Å². The highest BCUT2D eigenvalue weighted by molar-refractivity contribution is 7.92. The number of benzene rings is 1. The van der Waals surface area contributed by atoms with Crippen molar-refractivity contribution in [3.05, 3.63) is 41.0 Å². The number of hydrogen-bond acceptors (Lipinski definition) is 6. The lowest BCUT2D eigenvalue weighted by atomic mass is 10.1. The Kier molecular flexibility index (Phi) is 6.83. The predicted octanol–water partition coefficient (Wildman–Crippen LogP) is 2.63. The summed E-state index contributed by atoms with van der Waals surface area (Å²) in [6.45, 7) is 5.51. The number of piperazine rings is 1. The van der Waals surface area contributed by atoms with Crippen LogP contribution in [0.1, 0.15) is 18.9 Å². The van der Waals surface area contributed by atoms with Crippen LogP contribution in [0.2, 0.25) is 5.02 Å². The fourth-order valence-corrected chi connectivity index (χ4v) is 5.02. The number of anilines is 2. The molecular weight excluding hydrogens is 471 g/mol. The highest BCUT2D eigenvalue weighted by atomic mass is 35.5. The second kappa shape index (κ2) is 9.47. The summed E-state index contributed by atoms with van der Waals surface area (Å²) in [6.07, 6.45) is 2.18. The quantitative estimate of drug-likeness (QED) is 0.681. The summed E-state index contributed by atoms with van der Waals surface area (Å²) in [5, 5.41) is 4.65. The smallest absolute Gasteiger partial charge is 0.344 e. The molecule has 0 unspecified atom stereocenters. The summed E-state index contributed by atoms with van der Waals surface area (Å²) in [5.41, 5.74) is 1.96. The Bertz CT molecular complexity index is 1130. The SMILES string of the molecule is C[C@@H]1CN(C(=O)n2ccc(NS(C)(=O)=O)n2)CCN1Cc1ccc(Cl)c(N2CC[C@H](F)C2)c1. The van der Waals surface area contributed by atoms with E-state index in [4.69, 9.17) is 11.6 Å². The zero-order chi connectivity index (χ0) is 23.8. The van der Waals surface area contributed by atoms with Gasteiger partial charge in [0.25, 0.3) is 0 Å². The van der Waals surface area contributed by atoms with Crippen LogP contribution in [0.5, 0.6) is 0 Å². The highest BCUT2D eigenvalue weighted by Gasteiger charge is 2.29. The third kappa shape index (κ3) is 5.77. The van der Waals surface area contributed by atoms with E-state index in [-0.39, 0.29) is 17.9 Å². The van der Waals surface area contributed by atoms with E-state index >= 15 is 0 Å². The maximum Gasteiger partial charge on any atom is 0.344 e. The Hall–Kier alpha value is -2.37. The zero-order valence-electron chi connectivity index (χ0n) is 18.6. The van der Waals surface area contributed by atoms with E-state index in [0.29, 0.717) is 50.7 Å². The minimum atomic E-state index is -3.46. The van der Waals surface area contributed by atoms with Crippen LogP contribution >= 0.6 is 11.6 Å². The van der Waals surface area contributed by atoms with Gasteiger partial charge in [0, 0.05) is 57.6 Å². The van der Waals surface area contributed by atoms with Crippen molar-refractivity contribution in [1.82, 2.24) is 19.6 Å². The van der Waals surface area contributed by atoms with Crippen LogP contribution in [0.15, 0.2) is 30.5 Å². The van der Waals surface area contributed by atoms with Gasteiger partial charge in [-0.2, -0.15) is 4.68 Å². The van der Waals surface area contributed by atoms with Gasteiger partial charge in [-0.1, -0.05) is 17.7 Å². The summed E-state index contributed by atoms with van der Waals surface area (Å²) >= 11 is 6.38. The molecule has 2 aliphatic heterocycles. The Morgan fingerprint density at radius 3 is 2.70 bits per heavy atom. The van der Waals surface area contributed by atoms with Crippen LogP contribution in [-0.4, -0.2) is 85.2 Å². The number of halogens is 2. The van der Waals surface area contributed by atoms with Crippen molar-refractivity contribution in [3.8, 4) is 0 Å². The van der Waals surface area contributed by atoms with Gasteiger partial charge in [0.15, 0.2) is 5.82 Å². The molecule has 2 aromatic rings. The molecule has 0 spiro atoms. The first kappa shape index (κ1) is 23.8. The topological polar surface area (TPSA) is 90.8 Å². The number of nitrogens with one attached hydrogen (secondary N) is 1. The number of carbonyl (C=O) groups is 1. The molecule has 1 aromatic carbocycles. The minimum Gasteiger partial charge on any atom is -0.367 e. The molecule has 0 bridgehead atoms. The second-order valence-corrected chi connectivity index (χ2v) is 10.8. The van der Waals surface area contributed by atoms with Crippen LogP contribution in [0.25, 0.3) is 0 Å². The van der Waals surface area contributed by atoms with Crippen molar-refractivity contribution in [3.63, 3.8) is 0 Å². The van der Waals surface area contributed by atoms with Gasteiger partial charge in [-0.05, 0) is 31.0 Å². The molecule has 3 heterocycles. The average molecular weight is 499 g/mol. The van der Waals surface area contributed by atoms with Crippen molar-refractivity contribution in [2.45, 2.75) is 32.1 Å². The molecule has 1 N–H and O–H groups in total. The first-order valence-electron chi connectivity index (χ1n) is 10.8. The van der Waals surface area contributed by atoms with Crippen LogP contribution in [0, 0.1) is 0 Å². The van der Waals surface area contributed by atoms with Gasteiger partial charge >= 0.3 is 6.03 Å². The average Bonchev–Trinajstić information content (AvgIpc) is 3.38. The van der Waals surface area contributed by atoms with E-state index in [9.17, 15) is 17.6 Å². The van der Waals surface area contributed by atoms with Gasteiger partial charge in [0.2, 0.25) is 10.0 Å².